The van der Waals surface area contributed by atoms with Crippen molar-refractivity contribution >= 4 is 17.5 Å². The number of nitrogens with zero attached hydrogens (tertiary/aromatic N) is 5. The third-order valence-electron chi connectivity index (χ3n) is 5.85. The number of phenols is 1. The molecule has 1 atom stereocenters. The van der Waals surface area contributed by atoms with Gasteiger partial charge in [0.15, 0.2) is 0 Å². The van der Waals surface area contributed by atoms with Gasteiger partial charge in [0.1, 0.15) is 24.1 Å². The van der Waals surface area contributed by atoms with E-state index in [-0.39, 0.29) is 12.3 Å². The number of nitrogens with one attached hydrogen (secondary N) is 1. The molecular formula is C29H32N6O4. The number of hydrogen-bond donors (Lipinski definition) is 2. The van der Waals surface area contributed by atoms with Gasteiger partial charge in [0.25, 0.3) is 5.91 Å². The molecule has 4 rings (SSSR count). The maximum Gasteiger partial charge on any atom is 0.251 e. The molecule has 0 saturated carbocycles. The molecule has 1 heterocycles. The monoisotopic (exact) mass is 528 g/mol. The number of hydrogen-bond acceptors (Lipinski definition) is 7. The topological polar surface area (TPSA) is 122 Å². The van der Waals surface area contributed by atoms with Gasteiger partial charge in [-0.05, 0) is 62.7 Å². The van der Waals surface area contributed by atoms with Crippen LogP contribution in [0.3, 0.4) is 0 Å². The highest BCUT2D eigenvalue weighted by molar-refractivity contribution is 6.01. The number of carbonyl (C=O) groups excluding carboxylic acids is 2. The number of rotatable bonds is 8. The van der Waals surface area contributed by atoms with Gasteiger partial charge in [-0.1, -0.05) is 48.0 Å². The van der Waals surface area contributed by atoms with Crippen LogP contribution in [0.25, 0.3) is 11.4 Å². The highest BCUT2D eigenvalue weighted by Gasteiger charge is 2.35. The number of tetrazole rings is 1. The van der Waals surface area contributed by atoms with Crippen LogP contribution in [0.5, 0.6) is 11.5 Å². The minimum absolute atomic E-state index is 0.0448. The van der Waals surface area contributed by atoms with E-state index >= 15 is 0 Å². The summed E-state index contributed by atoms with van der Waals surface area (Å²) in [4.78, 5) is 30.3. The molecule has 0 radical (unpaired) electrons. The minimum Gasteiger partial charge on any atom is -0.508 e. The second-order valence-corrected chi connectivity index (χ2v) is 10.2. The maximum absolute atomic E-state index is 14.0. The van der Waals surface area contributed by atoms with E-state index in [9.17, 15) is 14.7 Å². The molecule has 0 bridgehead atoms. The standard InChI is InChI=1S/C29H32N6O4/c1-19-9-11-21(12-10-19)27-31-33-34(32-27)18-25(37)35(22-7-6-8-24(17-22)39-5)26(28(38)30-29(2,3)4)20-13-15-23(36)16-14-20/h6-17,26,36H,18H2,1-5H3,(H,30,38). The number of phenolic OH excluding ortho intramolecular Hbond substituents is 1. The molecule has 0 saturated heterocycles. The van der Waals surface area contributed by atoms with Crippen LogP contribution < -0.4 is 15.0 Å². The van der Waals surface area contributed by atoms with Gasteiger partial charge in [-0.25, -0.2) is 0 Å². The smallest absolute Gasteiger partial charge is 0.251 e. The SMILES string of the molecule is COc1cccc(N(C(=O)Cn2nnc(-c3ccc(C)cc3)n2)C(C(=O)NC(C)(C)C)c2ccc(O)cc2)c1. The van der Waals surface area contributed by atoms with Crippen LogP contribution >= 0.6 is 0 Å². The highest BCUT2D eigenvalue weighted by atomic mass is 16.5. The Bertz CT molecular complexity index is 1440. The summed E-state index contributed by atoms with van der Waals surface area (Å²) in [5.74, 6) is 0.112. The Hall–Kier alpha value is -4.73. The normalized spacial score (nSPS) is 12.0. The Balaban J connectivity index is 1.75. The Labute approximate surface area is 227 Å². The van der Waals surface area contributed by atoms with Gasteiger partial charge in [-0.3, -0.25) is 14.5 Å². The van der Waals surface area contributed by atoms with E-state index in [4.69, 9.17) is 4.74 Å². The first-order chi connectivity index (χ1) is 18.5. The summed E-state index contributed by atoms with van der Waals surface area (Å²) >= 11 is 0. The summed E-state index contributed by atoms with van der Waals surface area (Å²) in [5.41, 5.74) is 2.27. The minimum atomic E-state index is -1.07. The van der Waals surface area contributed by atoms with Crippen molar-refractivity contribution in [3.05, 3.63) is 83.9 Å². The van der Waals surface area contributed by atoms with Crippen LogP contribution in [0.1, 0.15) is 37.9 Å². The quantitative estimate of drug-likeness (QED) is 0.354. The first-order valence-electron chi connectivity index (χ1n) is 12.5. The van der Waals surface area contributed by atoms with Crippen LogP contribution in [-0.4, -0.2) is 49.8 Å². The van der Waals surface area contributed by atoms with Gasteiger partial charge in [0.05, 0.1) is 7.11 Å². The first kappa shape index (κ1) is 27.3. The molecule has 4 aromatic rings. The van der Waals surface area contributed by atoms with Gasteiger partial charge in [-0.2, -0.15) is 4.80 Å². The number of anilines is 1. The van der Waals surface area contributed by atoms with Crippen molar-refractivity contribution in [2.75, 3.05) is 12.0 Å². The Morgan fingerprint density at radius 1 is 1.05 bits per heavy atom. The van der Waals surface area contributed by atoms with E-state index in [1.807, 2.05) is 52.0 Å². The zero-order valence-corrected chi connectivity index (χ0v) is 22.6. The van der Waals surface area contributed by atoms with Crippen LogP contribution in [0.15, 0.2) is 72.8 Å². The third-order valence-corrected chi connectivity index (χ3v) is 5.85. The maximum atomic E-state index is 14.0. The van der Waals surface area contributed by atoms with Crippen molar-refractivity contribution in [3.8, 4) is 22.9 Å². The average molecular weight is 529 g/mol. The van der Waals surface area contributed by atoms with Crippen molar-refractivity contribution in [1.82, 2.24) is 25.5 Å². The van der Waals surface area contributed by atoms with E-state index in [1.165, 1.54) is 28.9 Å². The molecule has 0 aliphatic heterocycles. The number of aromatic hydroxyl groups is 1. The number of methoxy groups -OCH3 is 1. The summed E-state index contributed by atoms with van der Waals surface area (Å²) in [7, 11) is 1.53. The fraction of sp³-hybridized carbons (Fsp3) is 0.276. The number of amides is 2. The summed E-state index contributed by atoms with van der Waals surface area (Å²) in [6.45, 7) is 7.31. The molecule has 0 spiro atoms. The van der Waals surface area contributed by atoms with Crippen molar-refractivity contribution in [2.45, 2.75) is 45.8 Å². The Morgan fingerprint density at radius 3 is 2.38 bits per heavy atom. The van der Waals surface area contributed by atoms with Gasteiger partial charge < -0.3 is 15.2 Å². The number of carbonyl (C=O) groups is 2. The zero-order valence-electron chi connectivity index (χ0n) is 22.6. The summed E-state index contributed by atoms with van der Waals surface area (Å²) in [5, 5.41) is 25.4. The molecular weight excluding hydrogens is 496 g/mol. The summed E-state index contributed by atoms with van der Waals surface area (Å²) in [6, 6.07) is 19.7. The van der Waals surface area contributed by atoms with Crippen molar-refractivity contribution < 1.29 is 19.4 Å². The van der Waals surface area contributed by atoms with Gasteiger partial charge >= 0.3 is 0 Å². The molecule has 0 fully saturated rings. The lowest BCUT2D eigenvalue weighted by molar-refractivity contribution is -0.128. The molecule has 10 heteroatoms. The van der Waals surface area contributed by atoms with E-state index < -0.39 is 23.4 Å². The van der Waals surface area contributed by atoms with Gasteiger partial charge in [-0.15, -0.1) is 10.2 Å². The van der Waals surface area contributed by atoms with Crippen LogP contribution in [0, 0.1) is 6.92 Å². The van der Waals surface area contributed by atoms with Crippen LogP contribution in [-0.2, 0) is 16.1 Å². The molecule has 2 N–H and O–H groups in total. The molecule has 0 aliphatic carbocycles. The second kappa shape index (κ2) is 11.3. The van der Waals surface area contributed by atoms with E-state index in [0.29, 0.717) is 22.8 Å². The average Bonchev–Trinajstić information content (AvgIpc) is 3.35. The summed E-state index contributed by atoms with van der Waals surface area (Å²) in [6.07, 6.45) is 0. The number of aryl methyl sites for hydroxylation is 1. The molecule has 3 aromatic carbocycles. The Kier molecular flexibility index (Phi) is 7.94. The van der Waals surface area contributed by atoms with Gasteiger partial charge in [0.2, 0.25) is 11.7 Å². The molecule has 2 amide bonds. The lowest BCUT2D eigenvalue weighted by atomic mass is 10.0. The molecule has 10 nitrogen and oxygen atoms in total. The van der Waals surface area contributed by atoms with Crippen LogP contribution in [0.4, 0.5) is 5.69 Å². The van der Waals surface area contributed by atoms with Gasteiger partial charge in [0, 0.05) is 22.9 Å². The number of ether oxygens (including phenoxy) is 1. The lowest BCUT2D eigenvalue weighted by Gasteiger charge is -2.33. The van der Waals surface area contributed by atoms with E-state index in [1.54, 1.807) is 36.4 Å². The lowest BCUT2D eigenvalue weighted by Crippen LogP contribution is -2.50. The van der Waals surface area contributed by atoms with Crippen molar-refractivity contribution in [2.24, 2.45) is 0 Å². The molecule has 202 valence electrons. The molecule has 0 aliphatic rings. The van der Waals surface area contributed by atoms with E-state index in [0.717, 1.165) is 11.1 Å². The molecule has 1 unspecified atom stereocenters. The predicted octanol–water partition coefficient (Wildman–Crippen LogP) is 4.05. The Morgan fingerprint density at radius 2 is 1.74 bits per heavy atom. The van der Waals surface area contributed by atoms with Crippen LogP contribution in [0.2, 0.25) is 0 Å². The fourth-order valence-corrected chi connectivity index (χ4v) is 4.04. The highest BCUT2D eigenvalue weighted by Crippen LogP contribution is 2.32. The zero-order chi connectivity index (χ0) is 28.2. The number of aromatic nitrogens is 4. The fourth-order valence-electron chi connectivity index (χ4n) is 4.04. The van der Waals surface area contributed by atoms with E-state index in [2.05, 4.69) is 20.7 Å². The number of benzene rings is 3. The largest absolute Gasteiger partial charge is 0.508 e. The second-order valence-electron chi connectivity index (χ2n) is 10.2. The summed E-state index contributed by atoms with van der Waals surface area (Å²) < 4.78 is 5.39. The van der Waals surface area contributed by atoms with Crippen molar-refractivity contribution in [1.29, 1.82) is 0 Å². The van der Waals surface area contributed by atoms with Crippen molar-refractivity contribution in [3.63, 3.8) is 0 Å². The first-order valence-corrected chi connectivity index (χ1v) is 12.5. The predicted molar refractivity (Wildman–Crippen MR) is 147 cm³/mol. The molecule has 1 aromatic heterocycles. The molecule has 39 heavy (non-hydrogen) atoms. The third kappa shape index (κ3) is 6.78.